The zero-order valence-corrected chi connectivity index (χ0v) is 12.9. The van der Waals surface area contributed by atoms with Gasteiger partial charge in [-0.1, -0.05) is 38.1 Å². The van der Waals surface area contributed by atoms with Crippen LogP contribution in [0.3, 0.4) is 0 Å². The Hall–Kier alpha value is -2.10. The standard InChI is InChI=1S/C17H23NO3/c1-5-11-17(12-13(2)3,16(20)21-4)18-15(19)14-9-7-6-8-10-14/h5-10,13H,1,11-12H2,2-4H3,(H,18,19)/t17-/m1/s1. The van der Waals surface area contributed by atoms with Gasteiger partial charge in [-0.05, 0) is 30.9 Å². The molecule has 0 aromatic heterocycles. The molecule has 114 valence electrons. The second-order valence-corrected chi connectivity index (χ2v) is 5.48. The van der Waals surface area contributed by atoms with Crippen molar-refractivity contribution < 1.29 is 14.3 Å². The lowest BCUT2D eigenvalue weighted by Gasteiger charge is -2.32. The van der Waals surface area contributed by atoms with E-state index in [9.17, 15) is 9.59 Å². The van der Waals surface area contributed by atoms with E-state index in [0.717, 1.165) is 0 Å². The molecule has 0 fully saturated rings. The summed E-state index contributed by atoms with van der Waals surface area (Å²) in [7, 11) is 1.33. The maximum Gasteiger partial charge on any atom is 0.331 e. The molecule has 4 heteroatoms. The lowest BCUT2D eigenvalue weighted by Crippen LogP contribution is -2.55. The van der Waals surface area contributed by atoms with Gasteiger partial charge in [0.25, 0.3) is 5.91 Å². The van der Waals surface area contributed by atoms with Crippen molar-refractivity contribution in [3.63, 3.8) is 0 Å². The molecule has 21 heavy (non-hydrogen) atoms. The van der Waals surface area contributed by atoms with E-state index in [-0.39, 0.29) is 11.8 Å². The average Bonchev–Trinajstić information content (AvgIpc) is 2.46. The molecular formula is C17H23NO3. The van der Waals surface area contributed by atoms with Crippen LogP contribution in [0.2, 0.25) is 0 Å². The Balaban J connectivity index is 3.07. The third kappa shape index (κ3) is 4.45. The first-order chi connectivity index (χ1) is 9.95. The van der Waals surface area contributed by atoms with E-state index in [1.807, 2.05) is 19.9 Å². The quantitative estimate of drug-likeness (QED) is 0.620. The number of methoxy groups -OCH3 is 1. The van der Waals surface area contributed by atoms with E-state index in [2.05, 4.69) is 11.9 Å². The van der Waals surface area contributed by atoms with Crippen molar-refractivity contribution in [2.24, 2.45) is 5.92 Å². The summed E-state index contributed by atoms with van der Waals surface area (Å²) in [6.45, 7) is 7.68. The summed E-state index contributed by atoms with van der Waals surface area (Å²) in [4.78, 5) is 24.6. The summed E-state index contributed by atoms with van der Waals surface area (Å²) in [5, 5.41) is 2.85. The predicted molar refractivity (Wildman–Crippen MR) is 82.9 cm³/mol. The molecule has 0 saturated heterocycles. The highest BCUT2D eigenvalue weighted by Crippen LogP contribution is 2.24. The van der Waals surface area contributed by atoms with Crippen molar-refractivity contribution in [2.75, 3.05) is 7.11 Å². The summed E-state index contributed by atoms with van der Waals surface area (Å²) < 4.78 is 4.90. The van der Waals surface area contributed by atoms with Crippen molar-refractivity contribution in [2.45, 2.75) is 32.2 Å². The molecule has 1 atom stereocenters. The van der Waals surface area contributed by atoms with E-state index in [1.165, 1.54) is 7.11 Å². The summed E-state index contributed by atoms with van der Waals surface area (Å²) in [5.74, 6) is -0.510. The minimum absolute atomic E-state index is 0.222. The summed E-state index contributed by atoms with van der Waals surface area (Å²) in [6.07, 6.45) is 2.45. The van der Waals surface area contributed by atoms with E-state index in [0.29, 0.717) is 18.4 Å². The van der Waals surface area contributed by atoms with Crippen LogP contribution in [0.1, 0.15) is 37.0 Å². The Labute approximate surface area is 126 Å². The van der Waals surface area contributed by atoms with Crippen LogP contribution in [-0.4, -0.2) is 24.5 Å². The van der Waals surface area contributed by atoms with Crippen molar-refractivity contribution in [3.8, 4) is 0 Å². The fourth-order valence-corrected chi connectivity index (χ4v) is 2.42. The third-order valence-corrected chi connectivity index (χ3v) is 3.21. The van der Waals surface area contributed by atoms with Crippen LogP contribution in [0.5, 0.6) is 0 Å². The molecule has 0 aliphatic heterocycles. The van der Waals surface area contributed by atoms with E-state index in [1.54, 1.807) is 30.3 Å². The fourth-order valence-electron chi connectivity index (χ4n) is 2.42. The molecule has 0 aliphatic rings. The molecule has 0 saturated carbocycles. The first-order valence-electron chi connectivity index (χ1n) is 7.02. The van der Waals surface area contributed by atoms with Crippen molar-refractivity contribution in [1.29, 1.82) is 0 Å². The second kappa shape index (κ2) is 7.62. The van der Waals surface area contributed by atoms with Gasteiger partial charge in [-0.3, -0.25) is 4.79 Å². The maximum absolute atomic E-state index is 12.4. The van der Waals surface area contributed by atoms with Crippen LogP contribution in [-0.2, 0) is 9.53 Å². The Kier molecular flexibility index (Phi) is 6.15. The van der Waals surface area contributed by atoms with E-state index >= 15 is 0 Å². The van der Waals surface area contributed by atoms with Crippen molar-refractivity contribution >= 4 is 11.9 Å². The van der Waals surface area contributed by atoms with Crippen LogP contribution in [0.25, 0.3) is 0 Å². The maximum atomic E-state index is 12.4. The molecule has 0 radical (unpaired) electrons. The number of esters is 1. The molecule has 1 aromatic rings. The van der Waals surface area contributed by atoms with Crippen LogP contribution < -0.4 is 5.32 Å². The first kappa shape index (κ1) is 17.0. The molecule has 0 spiro atoms. The van der Waals surface area contributed by atoms with E-state index < -0.39 is 11.5 Å². The van der Waals surface area contributed by atoms with Gasteiger partial charge in [0.2, 0.25) is 0 Å². The monoisotopic (exact) mass is 289 g/mol. The molecule has 1 aromatic carbocycles. The Morgan fingerprint density at radius 3 is 2.43 bits per heavy atom. The number of carbonyl (C=O) groups is 2. The Morgan fingerprint density at radius 1 is 1.33 bits per heavy atom. The van der Waals surface area contributed by atoms with Gasteiger partial charge in [0.05, 0.1) is 7.11 Å². The lowest BCUT2D eigenvalue weighted by atomic mass is 9.85. The number of hydrogen-bond acceptors (Lipinski definition) is 3. The zero-order valence-electron chi connectivity index (χ0n) is 12.9. The molecule has 0 unspecified atom stereocenters. The Morgan fingerprint density at radius 2 is 1.95 bits per heavy atom. The van der Waals surface area contributed by atoms with E-state index in [4.69, 9.17) is 4.74 Å². The molecule has 1 amide bonds. The number of carbonyl (C=O) groups excluding carboxylic acids is 2. The van der Waals surface area contributed by atoms with Crippen LogP contribution in [0.15, 0.2) is 43.0 Å². The Bertz CT molecular complexity index is 496. The van der Waals surface area contributed by atoms with Gasteiger partial charge in [-0.25, -0.2) is 4.79 Å². The SMILES string of the molecule is C=CC[C@](CC(C)C)(NC(=O)c1ccccc1)C(=O)OC. The smallest absolute Gasteiger partial charge is 0.331 e. The predicted octanol–water partition coefficient (Wildman–Crippen LogP) is 2.95. The van der Waals surface area contributed by atoms with Gasteiger partial charge in [0.1, 0.15) is 5.54 Å². The molecular weight excluding hydrogens is 266 g/mol. The molecule has 1 N–H and O–H groups in total. The fraction of sp³-hybridized carbons (Fsp3) is 0.412. The number of benzene rings is 1. The molecule has 1 rings (SSSR count). The molecule has 4 nitrogen and oxygen atoms in total. The number of amides is 1. The molecule has 0 heterocycles. The van der Waals surface area contributed by atoms with Crippen molar-refractivity contribution in [3.05, 3.63) is 48.6 Å². The molecule has 0 bridgehead atoms. The largest absolute Gasteiger partial charge is 0.467 e. The number of ether oxygens (including phenoxy) is 1. The highest BCUT2D eigenvalue weighted by molar-refractivity contribution is 5.98. The van der Waals surface area contributed by atoms with Gasteiger partial charge in [-0.2, -0.15) is 0 Å². The zero-order chi connectivity index (χ0) is 15.9. The highest BCUT2D eigenvalue weighted by Gasteiger charge is 2.40. The van der Waals surface area contributed by atoms with Crippen molar-refractivity contribution in [1.82, 2.24) is 5.32 Å². The van der Waals surface area contributed by atoms with Gasteiger partial charge < -0.3 is 10.1 Å². The first-order valence-corrected chi connectivity index (χ1v) is 7.02. The normalized spacial score (nSPS) is 13.3. The minimum atomic E-state index is -1.07. The third-order valence-electron chi connectivity index (χ3n) is 3.21. The number of rotatable bonds is 7. The number of nitrogens with one attached hydrogen (secondary N) is 1. The van der Waals surface area contributed by atoms with Gasteiger partial charge in [0.15, 0.2) is 0 Å². The number of hydrogen-bond donors (Lipinski definition) is 1. The van der Waals surface area contributed by atoms with Crippen LogP contribution in [0.4, 0.5) is 0 Å². The summed E-state index contributed by atoms with van der Waals surface area (Å²) >= 11 is 0. The lowest BCUT2D eigenvalue weighted by molar-refractivity contribution is -0.148. The van der Waals surface area contributed by atoms with Crippen LogP contribution >= 0.6 is 0 Å². The molecule has 0 aliphatic carbocycles. The van der Waals surface area contributed by atoms with Gasteiger partial charge in [0, 0.05) is 5.56 Å². The van der Waals surface area contributed by atoms with Gasteiger partial charge in [-0.15, -0.1) is 6.58 Å². The highest BCUT2D eigenvalue weighted by atomic mass is 16.5. The average molecular weight is 289 g/mol. The van der Waals surface area contributed by atoms with Gasteiger partial charge >= 0.3 is 5.97 Å². The second-order valence-electron chi connectivity index (χ2n) is 5.48. The van der Waals surface area contributed by atoms with Crippen LogP contribution in [0, 0.1) is 5.92 Å². The topological polar surface area (TPSA) is 55.4 Å². The minimum Gasteiger partial charge on any atom is -0.467 e. The summed E-state index contributed by atoms with van der Waals surface area (Å²) in [5.41, 5.74) is -0.559. The summed E-state index contributed by atoms with van der Waals surface area (Å²) in [6, 6.07) is 8.82.